The number of ether oxygens (including phenoxy) is 1. The molecule has 1 amide bonds. The molecule has 2 aromatic rings. The molecule has 0 aliphatic carbocycles. The molecule has 2 rings (SSSR count). The first-order valence-corrected chi connectivity index (χ1v) is 6.33. The van der Waals surface area contributed by atoms with E-state index in [-0.39, 0.29) is 5.91 Å². The van der Waals surface area contributed by atoms with Crippen molar-refractivity contribution in [2.24, 2.45) is 0 Å². The molecule has 0 aromatic heterocycles. The van der Waals surface area contributed by atoms with Gasteiger partial charge in [0.2, 0.25) is 0 Å². The van der Waals surface area contributed by atoms with E-state index in [1.807, 2.05) is 49.4 Å². The molecule has 0 bridgehead atoms. The molecule has 19 heavy (non-hydrogen) atoms. The molecular formula is C16H17NO2. The molecule has 0 radical (unpaired) electrons. The van der Waals surface area contributed by atoms with E-state index in [1.54, 1.807) is 12.1 Å². The zero-order valence-electron chi connectivity index (χ0n) is 10.9. The fraction of sp³-hybridized carbons (Fsp3) is 0.188. The zero-order chi connectivity index (χ0) is 13.5. The highest BCUT2D eigenvalue weighted by molar-refractivity contribution is 6.04. The first kappa shape index (κ1) is 13.3. The Balaban J connectivity index is 2.12. The van der Waals surface area contributed by atoms with E-state index in [4.69, 9.17) is 4.74 Å². The highest BCUT2D eigenvalue weighted by atomic mass is 16.5. The fourth-order valence-corrected chi connectivity index (χ4v) is 1.76. The quantitative estimate of drug-likeness (QED) is 0.888. The lowest BCUT2D eigenvalue weighted by Gasteiger charge is -2.11. The second kappa shape index (κ2) is 6.71. The van der Waals surface area contributed by atoms with Gasteiger partial charge in [-0.2, -0.15) is 0 Å². The third kappa shape index (κ3) is 3.66. The van der Waals surface area contributed by atoms with Crippen LogP contribution in [-0.2, 0) is 11.3 Å². The highest BCUT2D eigenvalue weighted by Crippen LogP contribution is 2.17. The van der Waals surface area contributed by atoms with Crippen LogP contribution in [0.15, 0.2) is 54.6 Å². The smallest absolute Gasteiger partial charge is 0.255 e. The topological polar surface area (TPSA) is 38.3 Å². The van der Waals surface area contributed by atoms with Crippen LogP contribution in [0.1, 0.15) is 22.8 Å². The van der Waals surface area contributed by atoms with Crippen LogP contribution in [0.5, 0.6) is 0 Å². The Bertz CT molecular complexity index is 537. The number of carbonyl (C=O) groups is 1. The van der Waals surface area contributed by atoms with Crippen molar-refractivity contribution in [3.63, 3.8) is 0 Å². The SMILES string of the molecule is CCOCc1ccccc1NC(=O)c1ccccc1. The summed E-state index contributed by atoms with van der Waals surface area (Å²) in [6.07, 6.45) is 0. The van der Waals surface area contributed by atoms with Crippen LogP contribution in [0, 0.1) is 0 Å². The first-order chi connectivity index (χ1) is 9.31. The maximum atomic E-state index is 12.1. The molecule has 0 saturated carbocycles. The second-order valence-electron chi connectivity index (χ2n) is 4.11. The monoisotopic (exact) mass is 255 g/mol. The van der Waals surface area contributed by atoms with E-state index in [2.05, 4.69) is 5.32 Å². The highest BCUT2D eigenvalue weighted by Gasteiger charge is 2.08. The molecule has 98 valence electrons. The van der Waals surface area contributed by atoms with E-state index in [1.165, 1.54) is 0 Å². The summed E-state index contributed by atoms with van der Waals surface area (Å²) in [6, 6.07) is 16.8. The number of hydrogen-bond donors (Lipinski definition) is 1. The summed E-state index contributed by atoms with van der Waals surface area (Å²) in [4.78, 5) is 12.1. The molecule has 0 fully saturated rings. The lowest BCUT2D eigenvalue weighted by atomic mass is 10.1. The van der Waals surface area contributed by atoms with Crippen LogP contribution in [0.2, 0.25) is 0 Å². The van der Waals surface area contributed by atoms with Gasteiger partial charge < -0.3 is 10.1 Å². The van der Waals surface area contributed by atoms with Gasteiger partial charge in [-0.15, -0.1) is 0 Å². The minimum atomic E-state index is -0.107. The van der Waals surface area contributed by atoms with E-state index >= 15 is 0 Å². The summed E-state index contributed by atoms with van der Waals surface area (Å²) in [7, 11) is 0. The third-order valence-electron chi connectivity index (χ3n) is 2.76. The van der Waals surface area contributed by atoms with Gasteiger partial charge >= 0.3 is 0 Å². The average molecular weight is 255 g/mol. The Kier molecular flexibility index (Phi) is 4.70. The number of anilines is 1. The van der Waals surface area contributed by atoms with Crippen LogP contribution in [0.3, 0.4) is 0 Å². The summed E-state index contributed by atoms with van der Waals surface area (Å²) >= 11 is 0. The lowest BCUT2D eigenvalue weighted by Crippen LogP contribution is -2.13. The average Bonchev–Trinajstić information content (AvgIpc) is 2.47. The Morgan fingerprint density at radius 1 is 1.05 bits per heavy atom. The molecule has 0 aliphatic rings. The summed E-state index contributed by atoms with van der Waals surface area (Å²) in [6.45, 7) is 3.11. The van der Waals surface area contributed by atoms with Gasteiger partial charge in [0, 0.05) is 23.4 Å². The molecule has 0 spiro atoms. The van der Waals surface area contributed by atoms with Crippen molar-refractivity contribution in [2.75, 3.05) is 11.9 Å². The number of rotatable bonds is 5. The standard InChI is InChI=1S/C16H17NO2/c1-2-19-12-14-10-6-7-11-15(14)17-16(18)13-8-4-3-5-9-13/h3-11H,2,12H2,1H3,(H,17,18). The number of carbonyl (C=O) groups excluding carboxylic acids is 1. The van der Waals surface area contributed by atoms with Crippen LogP contribution in [0.4, 0.5) is 5.69 Å². The number of amides is 1. The fourth-order valence-electron chi connectivity index (χ4n) is 1.76. The molecule has 0 aliphatic heterocycles. The first-order valence-electron chi connectivity index (χ1n) is 6.33. The normalized spacial score (nSPS) is 10.2. The molecule has 2 aromatic carbocycles. The lowest BCUT2D eigenvalue weighted by molar-refractivity contribution is 0.102. The van der Waals surface area contributed by atoms with E-state index < -0.39 is 0 Å². The molecular weight excluding hydrogens is 238 g/mol. The van der Waals surface area contributed by atoms with Crippen LogP contribution < -0.4 is 5.32 Å². The van der Waals surface area contributed by atoms with Crippen molar-refractivity contribution in [3.8, 4) is 0 Å². The van der Waals surface area contributed by atoms with E-state index in [9.17, 15) is 4.79 Å². The third-order valence-corrected chi connectivity index (χ3v) is 2.76. The summed E-state index contributed by atoms with van der Waals surface area (Å²) < 4.78 is 5.40. The van der Waals surface area contributed by atoms with Crippen molar-refractivity contribution in [2.45, 2.75) is 13.5 Å². The Hall–Kier alpha value is -2.13. The molecule has 1 N–H and O–H groups in total. The summed E-state index contributed by atoms with van der Waals surface area (Å²) in [5, 5.41) is 2.92. The minimum absolute atomic E-state index is 0.107. The number of benzene rings is 2. The van der Waals surface area contributed by atoms with Gasteiger partial charge in [-0.05, 0) is 25.1 Å². The van der Waals surface area contributed by atoms with E-state index in [0.717, 1.165) is 11.3 Å². The Morgan fingerprint density at radius 3 is 2.47 bits per heavy atom. The Morgan fingerprint density at radius 2 is 1.74 bits per heavy atom. The van der Waals surface area contributed by atoms with Crippen molar-refractivity contribution in [1.29, 1.82) is 0 Å². The van der Waals surface area contributed by atoms with Crippen LogP contribution in [-0.4, -0.2) is 12.5 Å². The minimum Gasteiger partial charge on any atom is -0.377 e. The largest absolute Gasteiger partial charge is 0.377 e. The predicted octanol–water partition coefficient (Wildman–Crippen LogP) is 3.48. The summed E-state index contributed by atoms with van der Waals surface area (Å²) in [5.74, 6) is -0.107. The number of hydrogen-bond acceptors (Lipinski definition) is 2. The van der Waals surface area contributed by atoms with Gasteiger partial charge in [-0.3, -0.25) is 4.79 Å². The van der Waals surface area contributed by atoms with Crippen molar-refractivity contribution >= 4 is 11.6 Å². The van der Waals surface area contributed by atoms with Crippen molar-refractivity contribution < 1.29 is 9.53 Å². The van der Waals surface area contributed by atoms with Gasteiger partial charge in [0.15, 0.2) is 0 Å². The molecule has 3 heteroatoms. The summed E-state index contributed by atoms with van der Waals surface area (Å²) in [5.41, 5.74) is 2.42. The molecule has 0 heterocycles. The van der Waals surface area contributed by atoms with E-state index in [0.29, 0.717) is 18.8 Å². The molecule has 0 unspecified atom stereocenters. The van der Waals surface area contributed by atoms with Gasteiger partial charge in [0.25, 0.3) is 5.91 Å². The van der Waals surface area contributed by atoms with Crippen LogP contribution >= 0.6 is 0 Å². The molecule has 0 atom stereocenters. The van der Waals surface area contributed by atoms with Gasteiger partial charge in [0.1, 0.15) is 0 Å². The maximum Gasteiger partial charge on any atom is 0.255 e. The Labute approximate surface area is 113 Å². The van der Waals surface area contributed by atoms with Gasteiger partial charge in [-0.25, -0.2) is 0 Å². The number of para-hydroxylation sites is 1. The van der Waals surface area contributed by atoms with Crippen molar-refractivity contribution in [1.82, 2.24) is 0 Å². The maximum absolute atomic E-state index is 12.1. The molecule has 3 nitrogen and oxygen atoms in total. The molecule has 0 saturated heterocycles. The van der Waals surface area contributed by atoms with Crippen molar-refractivity contribution in [3.05, 3.63) is 65.7 Å². The van der Waals surface area contributed by atoms with Gasteiger partial charge in [-0.1, -0.05) is 36.4 Å². The number of nitrogens with one attached hydrogen (secondary N) is 1. The predicted molar refractivity (Wildman–Crippen MR) is 76.2 cm³/mol. The zero-order valence-corrected chi connectivity index (χ0v) is 10.9. The van der Waals surface area contributed by atoms with Crippen LogP contribution in [0.25, 0.3) is 0 Å². The second-order valence-corrected chi connectivity index (χ2v) is 4.11. The van der Waals surface area contributed by atoms with Gasteiger partial charge in [0.05, 0.1) is 6.61 Å².